The quantitative estimate of drug-likeness (QED) is 0.671. The van der Waals surface area contributed by atoms with Crippen LogP contribution in [0.15, 0.2) is 18.2 Å². The average Bonchev–Trinajstić information content (AvgIpc) is 2.14. The summed E-state index contributed by atoms with van der Waals surface area (Å²) >= 11 is 2.88. The van der Waals surface area contributed by atoms with Gasteiger partial charge in [-0.05, 0) is 19.1 Å². The Morgan fingerprint density at radius 1 is 1.44 bits per heavy atom. The molecule has 0 aliphatic carbocycles. The van der Waals surface area contributed by atoms with Gasteiger partial charge in [-0.25, -0.2) is 0 Å². The number of carbonyl (C=O) groups is 1. The molecule has 2 nitrogen and oxygen atoms in total. The van der Waals surface area contributed by atoms with Crippen LogP contribution in [0.5, 0.6) is 5.75 Å². The van der Waals surface area contributed by atoms with Gasteiger partial charge >= 0.3 is 6.18 Å². The van der Waals surface area contributed by atoms with Crippen molar-refractivity contribution in [2.75, 3.05) is 0 Å². The van der Waals surface area contributed by atoms with Crippen LogP contribution in [-0.4, -0.2) is 15.7 Å². The van der Waals surface area contributed by atoms with Crippen molar-refractivity contribution in [1.82, 2.24) is 0 Å². The molecule has 0 heterocycles. The lowest BCUT2D eigenvalue weighted by molar-refractivity contribution is -0.138. The Morgan fingerprint density at radius 3 is 2.44 bits per heavy atom. The number of benzene rings is 1. The van der Waals surface area contributed by atoms with E-state index in [9.17, 15) is 23.1 Å². The van der Waals surface area contributed by atoms with E-state index >= 15 is 0 Å². The predicted octanol–water partition coefficient (Wildman–Crippen LogP) is 3.38. The fourth-order valence-corrected chi connectivity index (χ4v) is 1.46. The van der Waals surface area contributed by atoms with E-state index in [-0.39, 0.29) is 0 Å². The molecule has 0 fully saturated rings. The number of halogens is 4. The maximum atomic E-state index is 12.6. The number of ketones is 1. The molecule has 1 N–H and O–H groups in total. The molecule has 88 valence electrons. The van der Waals surface area contributed by atoms with E-state index in [0.29, 0.717) is 0 Å². The monoisotopic (exact) mass is 296 g/mol. The molecule has 0 amide bonds. The van der Waals surface area contributed by atoms with Gasteiger partial charge in [0.1, 0.15) is 5.75 Å². The van der Waals surface area contributed by atoms with Gasteiger partial charge in [0.25, 0.3) is 0 Å². The lowest BCUT2D eigenvalue weighted by Crippen LogP contribution is -2.17. The molecule has 1 rings (SSSR count). The molecule has 1 aromatic rings. The number of carbonyl (C=O) groups excluding carboxylic acids is 1. The lowest BCUT2D eigenvalue weighted by atomic mass is 10.0. The number of hydrogen-bond acceptors (Lipinski definition) is 2. The van der Waals surface area contributed by atoms with Gasteiger partial charge in [-0.1, -0.05) is 22.0 Å². The number of alkyl halides is 4. The fourth-order valence-electron chi connectivity index (χ4n) is 1.23. The Bertz CT molecular complexity index is 413. The van der Waals surface area contributed by atoms with Gasteiger partial charge in [-0.2, -0.15) is 13.2 Å². The van der Waals surface area contributed by atoms with Gasteiger partial charge in [0.2, 0.25) is 0 Å². The minimum absolute atomic E-state index is 0.661. The van der Waals surface area contributed by atoms with Crippen LogP contribution in [0.1, 0.15) is 22.8 Å². The Labute approximate surface area is 98.2 Å². The third-order valence-corrected chi connectivity index (χ3v) is 2.37. The summed E-state index contributed by atoms with van der Waals surface area (Å²) in [6, 6.07) is 2.87. The van der Waals surface area contributed by atoms with E-state index in [1.165, 1.54) is 6.92 Å². The van der Waals surface area contributed by atoms with E-state index in [1.54, 1.807) is 0 Å². The van der Waals surface area contributed by atoms with Crippen LogP contribution in [0, 0.1) is 0 Å². The molecule has 0 spiro atoms. The van der Waals surface area contributed by atoms with Crippen LogP contribution < -0.4 is 0 Å². The van der Waals surface area contributed by atoms with Crippen molar-refractivity contribution in [1.29, 1.82) is 0 Å². The molecule has 0 radical (unpaired) electrons. The number of hydrogen-bond donors (Lipinski definition) is 1. The Kier molecular flexibility index (Phi) is 3.62. The first-order valence-corrected chi connectivity index (χ1v) is 5.24. The molecule has 6 heteroatoms. The van der Waals surface area contributed by atoms with Crippen molar-refractivity contribution in [3.8, 4) is 5.75 Å². The normalized spacial score (nSPS) is 13.6. The van der Waals surface area contributed by atoms with Crippen molar-refractivity contribution >= 4 is 21.7 Å². The van der Waals surface area contributed by atoms with Crippen molar-refractivity contribution in [3.05, 3.63) is 29.3 Å². The molecule has 1 unspecified atom stereocenters. The second kappa shape index (κ2) is 4.45. The number of rotatable bonds is 2. The number of phenols is 1. The maximum absolute atomic E-state index is 12.6. The smallest absolute Gasteiger partial charge is 0.417 e. The fraction of sp³-hybridized carbons (Fsp3) is 0.300. The molecule has 0 saturated carbocycles. The van der Waals surface area contributed by atoms with E-state index in [0.717, 1.165) is 18.2 Å². The summed E-state index contributed by atoms with van der Waals surface area (Å²) in [4.78, 5) is 10.7. The number of phenolic OH excluding ortho intramolecular Hbond substituents is 1. The third kappa shape index (κ3) is 2.55. The first-order valence-electron chi connectivity index (χ1n) is 4.32. The third-order valence-electron chi connectivity index (χ3n) is 1.96. The van der Waals surface area contributed by atoms with Crippen molar-refractivity contribution in [3.63, 3.8) is 0 Å². The highest BCUT2D eigenvalue weighted by atomic mass is 79.9. The summed E-state index contributed by atoms with van der Waals surface area (Å²) in [6.07, 6.45) is -4.66. The summed E-state index contributed by atoms with van der Waals surface area (Å²) in [5.74, 6) is -1.46. The van der Waals surface area contributed by atoms with Crippen LogP contribution >= 0.6 is 15.9 Å². The predicted molar refractivity (Wildman–Crippen MR) is 55.8 cm³/mol. The van der Waals surface area contributed by atoms with E-state index < -0.39 is 33.7 Å². The average molecular weight is 297 g/mol. The molecule has 1 atom stereocenters. The van der Waals surface area contributed by atoms with Gasteiger partial charge in [-0.3, -0.25) is 4.79 Å². The second-order valence-electron chi connectivity index (χ2n) is 3.18. The van der Waals surface area contributed by atoms with Crippen molar-refractivity contribution < 1.29 is 23.1 Å². The molecule has 0 aliphatic rings. The van der Waals surface area contributed by atoms with Gasteiger partial charge in [-0.15, -0.1) is 0 Å². The minimum Gasteiger partial charge on any atom is -0.507 e. The first-order chi connectivity index (χ1) is 7.25. The second-order valence-corrected chi connectivity index (χ2v) is 4.55. The molecule has 0 bridgehead atoms. The molecular formula is C10H8BrF3O2. The first kappa shape index (κ1) is 13.0. The molecular weight excluding hydrogens is 289 g/mol. The maximum Gasteiger partial charge on any atom is 0.417 e. The Morgan fingerprint density at radius 2 is 2.00 bits per heavy atom. The molecule has 0 aromatic heterocycles. The highest BCUT2D eigenvalue weighted by molar-refractivity contribution is 9.10. The van der Waals surface area contributed by atoms with Crippen LogP contribution in [0.3, 0.4) is 0 Å². The standard InChI is InChI=1S/C10H8BrF3O2/c1-5(11)9(16)8-6(10(12,13)14)3-2-4-7(8)15/h2-5,15H,1H3. The SMILES string of the molecule is CC(Br)C(=O)c1c(O)cccc1C(F)(F)F. The number of Topliss-reactive ketones (excluding diaryl/α,β-unsaturated/α-hetero) is 1. The highest BCUT2D eigenvalue weighted by Crippen LogP contribution is 2.36. The Balaban J connectivity index is 3.41. The largest absolute Gasteiger partial charge is 0.507 e. The molecule has 1 aromatic carbocycles. The van der Waals surface area contributed by atoms with Gasteiger partial charge < -0.3 is 5.11 Å². The zero-order chi connectivity index (χ0) is 12.5. The van der Waals surface area contributed by atoms with Crippen molar-refractivity contribution in [2.45, 2.75) is 17.9 Å². The van der Waals surface area contributed by atoms with Gasteiger partial charge in [0.05, 0.1) is 16.0 Å². The van der Waals surface area contributed by atoms with Crippen LogP contribution in [-0.2, 0) is 6.18 Å². The minimum atomic E-state index is -4.66. The highest BCUT2D eigenvalue weighted by Gasteiger charge is 2.37. The zero-order valence-electron chi connectivity index (χ0n) is 8.18. The summed E-state index contributed by atoms with van der Waals surface area (Å²) in [5, 5.41) is 9.33. The van der Waals surface area contributed by atoms with Crippen LogP contribution in [0.2, 0.25) is 0 Å². The zero-order valence-corrected chi connectivity index (χ0v) is 9.76. The van der Waals surface area contributed by atoms with E-state index in [1.807, 2.05) is 0 Å². The summed E-state index contributed by atoms with van der Waals surface area (Å²) in [7, 11) is 0. The van der Waals surface area contributed by atoms with Crippen molar-refractivity contribution in [2.24, 2.45) is 0 Å². The Hall–Kier alpha value is -1.04. The summed E-state index contributed by atoms with van der Waals surface area (Å²) in [6.45, 7) is 1.40. The number of aromatic hydroxyl groups is 1. The summed E-state index contributed by atoms with van der Waals surface area (Å²) < 4.78 is 37.7. The van der Waals surface area contributed by atoms with Gasteiger partial charge in [0, 0.05) is 0 Å². The van der Waals surface area contributed by atoms with Crippen LogP contribution in [0.25, 0.3) is 0 Å². The van der Waals surface area contributed by atoms with Crippen LogP contribution in [0.4, 0.5) is 13.2 Å². The molecule has 0 aliphatic heterocycles. The molecule has 0 saturated heterocycles. The topological polar surface area (TPSA) is 37.3 Å². The molecule has 16 heavy (non-hydrogen) atoms. The lowest BCUT2D eigenvalue weighted by Gasteiger charge is -2.14. The van der Waals surface area contributed by atoms with E-state index in [4.69, 9.17) is 0 Å². The van der Waals surface area contributed by atoms with Gasteiger partial charge in [0.15, 0.2) is 5.78 Å². The summed E-state index contributed by atoms with van der Waals surface area (Å²) in [5.41, 5.74) is -1.82. The van der Waals surface area contributed by atoms with E-state index in [2.05, 4.69) is 15.9 Å².